The molecule has 2 rings (SSSR count). The summed E-state index contributed by atoms with van der Waals surface area (Å²) in [6, 6.07) is 11.4. The quantitative estimate of drug-likeness (QED) is 0.884. The number of nitrogens with one attached hydrogen (secondary N) is 1. The van der Waals surface area contributed by atoms with Crippen LogP contribution in [0.1, 0.15) is 18.5 Å². The van der Waals surface area contributed by atoms with Gasteiger partial charge in [-0.05, 0) is 18.6 Å². The number of pyridine rings is 1. The first-order valence-corrected chi connectivity index (χ1v) is 6.43. The lowest BCUT2D eigenvalue weighted by molar-refractivity contribution is -0.117. The number of rotatable bonds is 4. The van der Waals surface area contributed by atoms with Crippen molar-refractivity contribution >= 4 is 11.6 Å². The van der Waals surface area contributed by atoms with E-state index in [1.807, 2.05) is 25.1 Å². The molecule has 104 valence electrons. The molecule has 0 aliphatic carbocycles. The maximum atomic E-state index is 12.1. The number of carbonyl (C=O) groups excluding carboxylic acids is 1. The van der Waals surface area contributed by atoms with Crippen molar-refractivity contribution < 1.29 is 4.79 Å². The van der Waals surface area contributed by atoms with E-state index in [2.05, 4.69) is 5.32 Å². The average molecular weight is 271 g/mol. The molecule has 1 unspecified atom stereocenters. The average Bonchev–Trinajstić information content (AvgIpc) is 2.49. The molecule has 0 radical (unpaired) electrons. The third-order valence-corrected chi connectivity index (χ3v) is 3.03. The van der Waals surface area contributed by atoms with E-state index in [4.69, 9.17) is 5.73 Å². The summed E-state index contributed by atoms with van der Waals surface area (Å²) in [5, 5.41) is 2.72. The molecule has 20 heavy (non-hydrogen) atoms. The van der Waals surface area contributed by atoms with Gasteiger partial charge in [0.25, 0.3) is 5.56 Å². The van der Waals surface area contributed by atoms with Crippen LogP contribution in [0, 0.1) is 0 Å². The first-order chi connectivity index (χ1) is 9.61. The predicted molar refractivity (Wildman–Crippen MR) is 78.4 cm³/mol. The number of nitrogens with two attached hydrogens (primary N) is 1. The van der Waals surface area contributed by atoms with E-state index in [1.54, 1.807) is 24.4 Å². The molecule has 1 heterocycles. The van der Waals surface area contributed by atoms with Crippen molar-refractivity contribution in [3.8, 4) is 0 Å². The van der Waals surface area contributed by atoms with Crippen LogP contribution in [0.25, 0.3) is 0 Å². The zero-order valence-corrected chi connectivity index (χ0v) is 11.2. The highest BCUT2D eigenvalue weighted by atomic mass is 16.2. The molecule has 2 aromatic rings. The minimum Gasteiger partial charge on any atom is -0.323 e. The lowest BCUT2D eigenvalue weighted by Gasteiger charge is -2.13. The monoisotopic (exact) mass is 271 g/mol. The van der Waals surface area contributed by atoms with Gasteiger partial charge in [0.15, 0.2) is 0 Å². The second-order valence-electron chi connectivity index (χ2n) is 4.42. The summed E-state index contributed by atoms with van der Waals surface area (Å²) in [7, 11) is 0. The number of nitrogens with zero attached hydrogens (tertiary/aromatic N) is 1. The van der Waals surface area contributed by atoms with Gasteiger partial charge in [-0.25, -0.2) is 0 Å². The van der Waals surface area contributed by atoms with Crippen molar-refractivity contribution in [2.24, 2.45) is 5.73 Å². The van der Waals surface area contributed by atoms with Gasteiger partial charge in [-0.1, -0.05) is 30.3 Å². The van der Waals surface area contributed by atoms with Gasteiger partial charge in [-0.2, -0.15) is 0 Å². The molecule has 0 fully saturated rings. The van der Waals surface area contributed by atoms with Gasteiger partial charge in [0.05, 0.1) is 5.69 Å². The van der Waals surface area contributed by atoms with Crippen molar-refractivity contribution in [3.05, 3.63) is 64.6 Å². The predicted octanol–water partition coefficient (Wildman–Crippen LogP) is 1.51. The maximum Gasteiger partial charge on any atom is 0.250 e. The standard InChI is InChI=1S/C15H17N3O2/c1-2-18-10-12(8-9-13(18)19)17-15(20)14(16)11-6-4-3-5-7-11/h3-10,14H,2,16H2,1H3,(H,17,20). The molecule has 0 saturated carbocycles. The number of benzene rings is 1. The van der Waals surface area contributed by atoms with E-state index < -0.39 is 6.04 Å². The number of aryl methyl sites for hydroxylation is 1. The van der Waals surface area contributed by atoms with Crippen molar-refractivity contribution in [3.63, 3.8) is 0 Å². The molecule has 0 spiro atoms. The van der Waals surface area contributed by atoms with E-state index in [1.165, 1.54) is 10.6 Å². The highest BCUT2D eigenvalue weighted by molar-refractivity contribution is 5.95. The van der Waals surface area contributed by atoms with Gasteiger partial charge >= 0.3 is 0 Å². The van der Waals surface area contributed by atoms with Crippen molar-refractivity contribution in [1.29, 1.82) is 0 Å². The molecular formula is C15H17N3O2. The SMILES string of the molecule is CCn1cc(NC(=O)C(N)c2ccccc2)ccc1=O. The van der Waals surface area contributed by atoms with Crippen LogP contribution in [-0.4, -0.2) is 10.5 Å². The highest BCUT2D eigenvalue weighted by Crippen LogP contribution is 2.12. The molecular weight excluding hydrogens is 254 g/mol. The van der Waals surface area contributed by atoms with Gasteiger partial charge < -0.3 is 15.6 Å². The van der Waals surface area contributed by atoms with E-state index in [0.29, 0.717) is 12.2 Å². The third kappa shape index (κ3) is 3.13. The molecule has 0 aliphatic heterocycles. The first-order valence-electron chi connectivity index (χ1n) is 6.43. The van der Waals surface area contributed by atoms with Crippen molar-refractivity contribution in [2.45, 2.75) is 19.5 Å². The molecule has 0 bridgehead atoms. The molecule has 5 heteroatoms. The molecule has 1 aromatic heterocycles. The Morgan fingerprint density at radius 2 is 1.95 bits per heavy atom. The second kappa shape index (κ2) is 6.16. The number of aromatic nitrogens is 1. The summed E-state index contributed by atoms with van der Waals surface area (Å²) < 4.78 is 1.52. The zero-order chi connectivity index (χ0) is 14.5. The van der Waals surface area contributed by atoms with Crippen LogP contribution in [-0.2, 0) is 11.3 Å². The number of hydrogen-bond donors (Lipinski definition) is 2. The van der Waals surface area contributed by atoms with Crippen molar-refractivity contribution in [1.82, 2.24) is 4.57 Å². The molecule has 1 amide bonds. The smallest absolute Gasteiger partial charge is 0.250 e. The van der Waals surface area contributed by atoms with Gasteiger partial charge in [-0.15, -0.1) is 0 Å². The molecule has 0 aliphatic rings. The van der Waals surface area contributed by atoms with E-state index >= 15 is 0 Å². The van der Waals surface area contributed by atoms with Crippen LogP contribution in [0.5, 0.6) is 0 Å². The minimum absolute atomic E-state index is 0.0992. The lowest BCUT2D eigenvalue weighted by atomic mass is 10.1. The van der Waals surface area contributed by atoms with E-state index in [-0.39, 0.29) is 11.5 Å². The maximum absolute atomic E-state index is 12.1. The molecule has 1 aromatic carbocycles. The van der Waals surface area contributed by atoms with Crippen LogP contribution in [0.3, 0.4) is 0 Å². The Balaban J connectivity index is 2.14. The minimum atomic E-state index is -0.738. The summed E-state index contributed by atoms with van der Waals surface area (Å²) in [6.45, 7) is 2.41. The number of carbonyl (C=O) groups is 1. The summed E-state index contributed by atoms with van der Waals surface area (Å²) in [5.41, 5.74) is 7.11. The Bertz CT molecular complexity index is 650. The Labute approximate surface area is 117 Å². The van der Waals surface area contributed by atoms with Gasteiger partial charge in [0.1, 0.15) is 6.04 Å². The molecule has 1 atom stereocenters. The number of anilines is 1. The van der Waals surface area contributed by atoms with Crippen LogP contribution < -0.4 is 16.6 Å². The fraction of sp³-hybridized carbons (Fsp3) is 0.200. The summed E-state index contributed by atoms with van der Waals surface area (Å²) in [5.74, 6) is -0.308. The Morgan fingerprint density at radius 1 is 1.25 bits per heavy atom. The number of amides is 1. The van der Waals surface area contributed by atoms with E-state index in [9.17, 15) is 9.59 Å². The van der Waals surface area contributed by atoms with Crippen LogP contribution in [0.2, 0.25) is 0 Å². The van der Waals surface area contributed by atoms with Gasteiger partial charge in [0, 0.05) is 18.8 Å². The third-order valence-electron chi connectivity index (χ3n) is 3.03. The summed E-state index contributed by atoms with van der Waals surface area (Å²) >= 11 is 0. The fourth-order valence-electron chi connectivity index (χ4n) is 1.88. The summed E-state index contributed by atoms with van der Waals surface area (Å²) in [6.07, 6.45) is 1.61. The van der Waals surface area contributed by atoms with Gasteiger partial charge in [0.2, 0.25) is 5.91 Å². The molecule has 3 N–H and O–H groups in total. The zero-order valence-electron chi connectivity index (χ0n) is 11.2. The van der Waals surface area contributed by atoms with Crippen LogP contribution in [0.15, 0.2) is 53.5 Å². The number of hydrogen-bond acceptors (Lipinski definition) is 3. The van der Waals surface area contributed by atoms with Crippen molar-refractivity contribution in [2.75, 3.05) is 5.32 Å². The second-order valence-corrected chi connectivity index (χ2v) is 4.42. The Hall–Kier alpha value is -2.40. The summed E-state index contributed by atoms with van der Waals surface area (Å²) in [4.78, 5) is 23.5. The molecule has 0 saturated heterocycles. The first kappa shape index (κ1) is 14.0. The van der Waals surface area contributed by atoms with Crippen LogP contribution in [0.4, 0.5) is 5.69 Å². The highest BCUT2D eigenvalue weighted by Gasteiger charge is 2.15. The van der Waals surface area contributed by atoms with Crippen LogP contribution >= 0.6 is 0 Å². The molecule has 5 nitrogen and oxygen atoms in total. The lowest BCUT2D eigenvalue weighted by Crippen LogP contribution is -2.28. The Kier molecular flexibility index (Phi) is 4.32. The largest absolute Gasteiger partial charge is 0.323 e. The fourth-order valence-corrected chi connectivity index (χ4v) is 1.88. The van der Waals surface area contributed by atoms with Gasteiger partial charge in [-0.3, -0.25) is 9.59 Å². The normalized spacial score (nSPS) is 11.9. The van der Waals surface area contributed by atoms with E-state index in [0.717, 1.165) is 5.56 Å². The Morgan fingerprint density at radius 3 is 2.60 bits per heavy atom. The topological polar surface area (TPSA) is 77.1 Å².